The van der Waals surface area contributed by atoms with Crippen LogP contribution in [0.15, 0.2) is 127 Å². The van der Waals surface area contributed by atoms with Gasteiger partial charge in [-0.2, -0.15) is 0 Å². The second-order valence-corrected chi connectivity index (χ2v) is 23.4. The molecule has 4 heterocycles. The van der Waals surface area contributed by atoms with Gasteiger partial charge in [-0.25, -0.2) is 0 Å². The Kier molecular flexibility index (Phi) is 18.1. The molecule has 0 spiro atoms. The van der Waals surface area contributed by atoms with Crippen molar-refractivity contribution < 1.29 is 52.2 Å². The Morgan fingerprint density at radius 2 is 1.29 bits per heavy atom. The Balaban J connectivity index is 0.881. The van der Waals surface area contributed by atoms with Crippen LogP contribution in [0.4, 0.5) is 0 Å². The molecule has 12 heteroatoms. The van der Waals surface area contributed by atoms with Crippen LogP contribution in [-0.4, -0.2) is 96.9 Å². The lowest BCUT2D eigenvalue weighted by Gasteiger charge is -2.54. The highest BCUT2D eigenvalue weighted by molar-refractivity contribution is 8.00. The summed E-state index contributed by atoms with van der Waals surface area (Å²) in [5, 5.41) is 7.20. The number of carbonyl (C=O) groups is 2. The third-order valence-corrected chi connectivity index (χ3v) is 17.4. The fourth-order valence-corrected chi connectivity index (χ4v) is 13.6. The van der Waals surface area contributed by atoms with Crippen LogP contribution in [0.25, 0.3) is 32.3 Å². The minimum Gasteiger partial charge on any atom is -0.463 e. The van der Waals surface area contributed by atoms with E-state index in [-0.39, 0.29) is 49.3 Å². The van der Waals surface area contributed by atoms with Gasteiger partial charge in [-0.15, -0.1) is 11.8 Å². The van der Waals surface area contributed by atoms with E-state index in [1.807, 2.05) is 0 Å². The van der Waals surface area contributed by atoms with E-state index in [4.69, 9.17) is 42.6 Å². The summed E-state index contributed by atoms with van der Waals surface area (Å²) in [6, 6.07) is 44.9. The number of ether oxygens (including phenoxy) is 9. The largest absolute Gasteiger partial charge is 0.463 e. The van der Waals surface area contributed by atoms with Gasteiger partial charge in [0.15, 0.2) is 0 Å². The molecule has 0 amide bonds. The minimum absolute atomic E-state index is 0.00211. The number of fused-ring (bicyclic) bond motifs is 5. The maximum absolute atomic E-state index is 12.5. The lowest BCUT2D eigenvalue weighted by Crippen LogP contribution is -2.63. The van der Waals surface area contributed by atoms with E-state index < -0.39 is 35.2 Å². The summed E-state index contributed by atoms with van der Waals surface area (Å²) in [4.78, 5) is 23.7. The predicted molar refractivity (Wildman–Crippen MR) is 298 cm³/mol. The van der Waals surface area contributed by atoms with E-state index in [0.717, 1.165) is 29.7 Å². The van der Waals surface area contributed by atoms with Crippen molar-refractivity contribution in [3.05, 3.63) is 144 Å². The summed E-state index contributed by atoms with van der Waals surface area (Å²) in [6.45, 7) is 11.6. The van der Waals surface area contributed by atoms with Gasteiger partial charge in [0, 0.05) is 39.7 Å². The molecule has 4 fully saturated rings. The average molecular weight is 1050 g/mol. The molecule has 6 aromatic carbocycles. The van der Waals surface area contributed by atoms with Gasteiger partial charge in [0.25, 0.3) is 0 Å². The molecule has 404 valence electrons. The summed E-state index contributed by atoms with van der Waals surface area (Å²) in [7, 11) is 0. The number of thioether (sulfide) groups is 1. The van der Waals surface area contributed by atoms with Gasteiger partial charge in [-0.3, -0.25) is 9.59 Å². The van der Waals surface area contributed by atoms with Crippen LogP contribution in [-0.2, 0) is 72.0 Å². The summed E-state index contributed by atoms with van der Waals surface area (Å²) in [6.07, 6.45) is 2.42. The molecule has 0 radical (unpaired) electrons. The number of rotatable bonds is 21. The number of benzene rings is 6. The fourth-order valence-electron chi connectivity index (χ4n) is 12.3. The zero-order valence-electron chi connectivity index (χ0n) is 44.9. The monoisotopic (exact) mass is 1050 g/mol. The maximum Gasteiger partial charge on any atom is 0.302 e. The van der Waals surface area contributed by atoms with Crippen molar-refractivity contribution in [1.82, 2.24) is 0 Å². The zero-order valence-corrected chi connectivity index (χ0v) is 45.7. The van der Waals surface area contributed by atoms with Crippen LogP contribution in [0.2, 0.25) is 0 Å². The average Bonchev–Trinajstić information content (AvgIpc) is 3.71. The summed E-state index contributed by atoms with van der Waals surface area (Å²) < 4.78 is 60.4. The molecule has 0 unspecified atom stereocenters. The first-order valence-electron chi connectivity index (χ1n) is 27.8. The Hall–Kier alpha value is -4.89. The second kappa shape index (κ2) is 25.3. The molecule has 0 bridgehead atoms. The van der Waals surface area contributed by atoms with E-state index >= 15 is 0 Å². The highest BCUT2D eigenvalue weighted by atomic mass is 32.2. The van der Waals surface area contributed by atoms with Crippen molar-refractivity contribution in [3.63, 3.8) is 0 Å². The van der Waals surface area contributed by atoms with Gasteiger partial charge in [-0.05, 0) is 117 Å². The zero-order chi connectivity index (χ0) is 52.6. The second-order valence-electron chi connectivity index (χ2n) is 21.8. The van der Waals surface area contributed by atoms with E-state index in [0.29, 0.717) is 76.8 Å². The van der Waals surface area contributed by atoms with Crippen LogP contribution in [0.5, 0.6) is 0 Å². The van der Waals surface area contributed by atoms with Crippen LogP contribution in [0, 0.1) is 11.8 Å². The van der Waals surface area contributed by atoms with E-state index in [1.54, 1.807) is 11.8 Å². The Morgan fingerprint density at radius 3 is 1.91 bits per heavy atom. The molecule has 4 saturated heterocycles. The van der Waals surface area contributed by atoms with Crippen LogP contribution < -0.4 is 0 Å². The van der Waals surface area contributed by atoms with Gasteiger partial charge in [-0.1, -0.05) is 130 Å². The van der Waals surface area contributed by atoms with E-state index in [9.17, 15) is 9.59 Å². The molecule has 0 N–H and O–H groups in total. The Morgan fingerprint density at radius 1 is 0.671 bits per heavy atom. The van der Waals surface area contributed by atoms with Crippen molar-refractivity contribution in [3.8, 4) is 0 Å². The number of carbonyl (C=O) groups excluding carboxylic acids is 2. The van der Waals surface area contributed by atoms with Gasteiger partial charge in [0.1, 0.15) is 23.7 Å². The SMILES string of the molecule is CCS[C@]12C[C@@H](OC(C)=O)[C@H](COC(C)=O)O[C@@H]1C[C@@H]1O[C@H](C[C@@H](C[C@@H]3C[C@@H](C)[C@@H]([C@@H](C)CCOCc4ccc5ccccc5c4)O3)OCc3ccc4ccccc4c3)[C@@H](OCc3ccc4ccccc4c3)CC[C@H]1O2. The number of hydrogen-bond donors (Lipinski definition) is 0. The topological polar surface area (TPSA) is 117 Å². The molecule has 4 aliphatic heterocycles. The first-order valence-corrected chi connectivity index (χ1v) is 28.8. The third kappa shape index (κ3) is 13.5. The molecule has 10 rings (SSSR count). The fraction of sp³-hybridized carbons (Fsp3) is 0.500. The van der Waals surface area contributed by atoms with Crippen molar-refractivity contribution in [2.24, 2.45) is 11.8 Å². The summed E-state index contributed by atoms with van der Waals surface area (Å²) >= 11 is 1.68. The normalized spacial score (nSPS) is 28.3. The van der Waals surface area contributed by atoms with Crippen molar-refractivity contribution >= 4 is 56.0 Å². The first-order chi connectivity index (χ1) is 37.0. The van der Waals surface area contributed by atoms with Crippen LogP contribution in [0.3, 0.4) is 0 Å². The smallest absolute Gasteiger partial charge is 0.302 e. The standard InChI is InChI=1S/C64H76O11S/c1-6-76-64-36-60(71-44(5)66)61(40-68-43(4)65)74-62(64)35-59-57(75-64)26-25-56(70-39-47-21-24-50-15-9-12-18-53(50)32-47)58(73-59)34-54(69-38-46-20-23-49-14-8-11-17-52(49)31-46)33-55-29-42(3)63(72-55)41(2)27-28-67-37-45-19-22-48-13-7-10-16-51(48)30-45/h7-24,30-32,41-42,54-63H,6,25-29,33-40H2,1-5H3/t41-,42+,54+,55-,56-,57+,58+,59-,60+,61-,62+,63+,64+/m0/s1. The van der Waals surface area contributed by atoms with E-state index in [1.165, 1.54) is 51.7 Å². The number of hydrogen-bond acceptors (Lipinski definition) is 12. The molecule has 6 aromatic rings. The van der Waals surface area contributed by atoms with E-state index in [2.05, 4.69) is 148 Å². The highest BCUT2D eigenvalue weighted by Gasteiger charge is 2.58. The van der Waals surface area contributed by atoms with Crippen LogP contribution in [0.1, 0.15) is 103 Å². The maximum atomic E-state index is 12.5. The van der Waals surface area contributed by atoms with Gasteiger partial charge in [0.2, 0.25) is 0 Å². The first kappa shape index (κ1) is 54.5. The molecule has 11 nitrogen and oxygen atoms in total. The van der Waals surface area contributed by atoms with Gasteiger partial charge < -0.3 is 42.6 Å². The highest BCUT2D eigenvalue weighted by Crippen LogP contribution is 2.50. The summed E-state index contributed by atoms with van der Waals surface area (Å²) in [5.41, 5.74) is 3.39. The molecule has 0 aromatic heterocycles. The molecular formula is C64H76O11S. The quantitative estimate of drug-likeness (QED) is 0.0504. The Labute approximate surface area is 452 Å². The third-order valence-electron chi connectivity index (χ3n) is 16.1. The lowest BCUT2D eigenvalue weighted by atomic mass is 9.88. The molecule has 76 heavy (non-hydrogen) atoms. The molecule has 0 aliphatic carbocycles. The molecule has 0 saturated carbocycles. The van der Waals surface area contributed by atoms with Crippen molar-refractivity contribution in [2.75, 3.05) is 19.0 Å². The molecule has 13 atom stereocenters. The lowest BCUT2D eigenvalue weighted by molar-refractivity contribution is -0.274. The van der Waals surface area contributed by atoms with Gasteiger partial charge in [0.05, 0.1) is 68.7 Å². The predicted octanol–water partition coefficient (Wildman–Crippen LogP) is 12.9. The molecule has 4 aliphatic rings. The van der Waals surface area contributed by atoms with Gasteiger partial charge >= 0.3 is 11.9 Å². The Bertz CT molecular complexity index is 2890. The van der Waals surface area contributed by atoms with Crippen molar-refractivity contribution in [1.29, 1.82) is 0 Å². The van der Waals surface area contributed by atoms with Crippen LogP contribution >= 0.6 is 11.8 Å². The number of esters is 2. The molecular weight excluding hydrogens is 977 g/mol. The summed E-state index contributed by atoms with van der Waals surface area (Å²) in [5.74, 6) is 0.601. The minimum atomic E-state index is -0.799. The van der Waals surface area contributed by atoms with Crippen molar-refractivity contribution in [2.45, 2.75) is 172 Å².